The zero-order valence-electron chi connectivity index (χ0n) is 7.93. The maximum atomic E-state index is 11.3. The maximum Gasteiger partial charge on any atom is 0.254 e. The second-order valence-electron chi connectivity index (χ2n) is 3.13. The van der Waals surface area contributed by atoms with Crippen LogP contribution in [0.1, 0.15) is 17.3 Å². The molecule has 0 saturated heterocycles. The summed E-state index contributed by atoms with van der Waals surface area (Å²) in [5, 5.41) is 11.7. The number of carbonyl (C=O) groups excluding carboxylic acids is 1. The van der Waals surface area contributed by atoms with E-state index < -0.39 is 12.1 Å². The average molecular weight is 198 g/mol. The Hall–Kier alpha value is -1.33. The van der Waals surface area contributed by atoms with Crippen LogP contribution >= 0.6 is 0 Å². The second kappa shape index (κ2) is 4.78. The van der Waals surface area contributed by atoms with Gasteiger partial charge in [0.15, 0.2) is 0 Å². The molecule has 1 aromatic rings. The van der Waals surface area contributed by atoms with Crippen LogP contribution in [0.4, 0.5) is 0 Å². The minimum atomic E-state index is -0.639. The Kier molecular flexibility index (Phi) is 3.67. The van der Waals surface area contributed by atoms with E-state index in [4.69, 9.17) is 15.3 Å². The number of aliphatic hydroxyl groups is 1. The largest absolute Gasteiger partial charge is 0.472 e. The lowest BCUT2D eigenvalue weighted by molar-refractivity contribution is 0.0937. The highest BCUT2D eigenvalue weighted by atomic mass is 16.3. The van der Waals surface area contributed by atoms with Gasteiger partial charge in [0.05, 0.1) is 17.9 Å². The van der Waals surface area contributed by atoms with Crippen LogP contribution < -0.4 is 11.1 Å². The van der Waals surface area contributed by atoms with Gasteiger partial charge in [0.2, 0.25) is 0 Å². The molecule has 4 N–H and O–H groups in total. The Morgan fingerprint density at radius 2 is 2.50 bits per heavy atom. The normalized spacial score (nSPS) is 14.8. The minimum absolute atomic E-state index is 0.238. The topological polar surface area (TPSA) is 88.5 Å². The predicted molar refractivity (Wildman–Crippen MR) is 50.7 cm³/mol. The molecule has 78 valence electrons. The average Bonchev–Trinajstić information content (AvgIpc) is 2.66. The number of rotatable bonds is 4. The molecule has 2 unspecified atom stereocenters. The van der Waals surface area contributed by atoms with Crippen LogP contribution in [-0.4, -0.2) is 29.7 Å². The molecule has 0 aliphatic rings. The molecule has 0 aliphatic carbocycles. The van der Waals surface area contributed by atoms with Gasteiger partial charge in [0.1, 0.15) is 6.26 Å². The monoisotopic (exact) mass is 198 g/mol. The first-order valence-electron chi connectivity index (χ1n) is 4.35. The summed E-state index contributed by atoms with van der Waals surface area (Å²) in [5.74, 6) is -0.255. The molecule has 1 amide bonds. The Balaban J connectivity index is 2.36. The van der Waals surface area contributed by atoms with Crippen LogP contribution in [0.3, 0.4) is 0 Å². The molecule has 0 radical (unpaired) electrons. The Labute approximate surface area is 81.9 Å². The van der Waals surface area contributed by atoms with E-state index in [1.165, 1.54) is 12.5 Å². The summed E-state index contributed by atoms with van der Waals surface area (Å²) in [6.45, 7) is 1.82. The van der Waals surface area contributed by atoms with E-state index in [2.05, 4.69) is 5.32 Å². The summed E-state index contributed by atoms with van der Waals surface area (Å²) in [6.07, 6.45) is 2.13. The molecule has 0 bridgehead atoms. The molecule has 14 heavy (non-hydrogen) atoms. The molecule has 0 fully saturated rings. The van der Waals surface area contributed by atoms with Crippen molar-refractivity contribution in [3.05, 3.63) is 24.2 Å². The van der Waals surface area contributed by atoms with Gasteiger partial charge < -0.3 is 20.6 Å². The Morgan fingerprint density at radius 1 is 1.79 bits per heavy atom. The number of nitrogens with one attached hydrogen (secondary N) is 1. The number of hydrogen-bond donors (Lipinski definition) is 3. The van der Waals surface area contributed by atoms with E-state index in [0.29, 0.717) is 5.56 Å². The maximum absolute atomic E-state index is 11.3. The molecule has 5 nitrogen and oxygen atoms in total. The van der Waals surface area contributed by atoms with E-state index in [-0.39, 0.29) is 12.5 Å². The highest BCUT2D eigenvalue weighted by molar-refractivity contribution is 5.93. The van der Waals surface area contributed by atoms with E-state index in [1.54, 1.807) is 13.0 Å². The van der Waals surface area contributed by atoms with Crippen molar-refractivity contribution in [3.63, 3.8) is 0 Å². The second-order valence-corrected chi connectivity index (χ2v) is 3.13. The number of carbonyl (C=O) groups is 1. The van der Waals surface area contributed by atoms with Gasteiger partial charge in [0, 0.05) is 12.6 Å². The van der Waals surface area contributed by atoms with Gasteiger partial charge in [-0.05, 0) is 13.0 Å². The molecule has 0 aromatic carbocycles. The van der Waals surface area contributed by atoms with Crippen LogP contribution in [0.25, 0.3) is 0 Å². The van der Waals surface area contributed by atoms with E-state index in [9.17, 15) is 4.79 Å². The van der Waals surface area contributed by atoms with Crippen molar-refractivity contribution >= 4 is 5.91 Å². The lowest BCUT2D eigenvalue weighted by Crippen LogP contribution is -2.43. The smallest absolute Gasteiger partial charge is 0.254 e. The first-order chi connectivity index (χ1) is 6.61. The lowest BCUT2D eigenvalue weighted by atomic mass is 10.2. The van der Waals surface area contributed by atoms with Crippen molar-refractivity contribution in [2.75, 3.05) is 6.54 Å². The highest BCUT2D eigenvalue weighted by Crippen LogP contribution is 1.99. The molecule has 1 heterocycles. The van der Waals surface area contributed by atoms with Crippen molar-refractivity contribution in [1.29, 1.82) is 0 Å². The van der Waals surface area contributed by atoms with Gasteiger partial charge >= 0.3 is 0 Å². The van der Waals surface area contributed by atoms with Gasteiger partial charge in [-0.25, -0.2) is 0 Å². The third kappa shape index (κ3) is 2.86. The number of hydrogen-bond acceptors (Lipinski definition) is 4. The molecule has 5 heteroatoms. The fourth-order valence-corrected chi connectivity index (χ4v) is 0.877. The van der Waals surface area contributed by atoms with Gasteiger partial charge in [-0.15, -0.1) is 0 Å². The van der Waals surface area contributed by atoms with Crippen LogP contribution in [0.5, 0.6) is 0 Å². The number of nitrogens with two attached hydrogens (primary N) is 1. The number of amides is 1. The summed E-state index contributed by atoms with van der Waals surface area (Å²) in [7, 11) is 0. The van der Waals surface area contributed by atoms with Gasteiger partial charge in [-0.1, -0.05) is 0 Å². The summed E-state index contributed by atoms with van der Waals surface area (Å²) in [4.78, 5) is 11.3. The molecular formula is C9H14N2O3. The quantitative estimate of drug-likeness (QED) is 0.620. The van der Waals surface area contributed by atoms with Gasteiger partial charge in [-0.2, -0.15) is 0 Å². The van der Waals surface area contributed by atoms with Crippen molar-refractivity contribution in [2.24, 2.45) is 5.73 Å². The molecule has 1 rings (SSSR count). The Bertz CT molecular complexity index is 282. The zero-order valence-corrected chi connectivity index (χ0v) is 7.93. The van der Waals surface area contributed by atoms with Crippen molar-refractivity contribution in [1.82, 2.24) is 5.32 Å². The van der Waals surface area contributed by atoms with Crippen LogP contribution in [0, 0.1) is 0 Å². The van der Waals surface area contributed by atoms with Crippen molar-refractivity contribution in [2.45, 2.75) is 19.1 Å². The van der Waals surface area contributed by atoms with Crippen LogP contribution in [0.2, 0.25) is 0 Å². The predicted octanol–water partition coefficient (Wildman–Crippen LogP) is -0.282. The highest BCUT2D eigenvalue weighted by Gasteiger charge is 2.12. The minimum Gasteiger partial charge on any atom is -0.472 e. The third-order valence-corrected chi connectivity index (χ3v) is 1.90. The molecular weight excluding hydrogens is 184 g/mol. The fourth-order valence-electron chi connectivity index (χ4n) is 0.877. The van der Waals surface area contributed by atoms with Crippen molar-refractivity contribution in [3.8, 4) is 0 Å². The van der Waals surface area contributed by atoms with E-state index in [1.807, 2.05) is 0 Å². The summed E-state index contributed by atoms with van der Waals surface area (Å²) in [5.41, 5.74) is 5.98. The fraction of sp³-hybridized carbons (Fsp3) is 0.444. The molecule has 0 spiro atoms. The Morgan fingerprint density at radius 3 is 3.00 bits per heavy atom. The standard InChI is InChI=1S/C9H14N2O3/c1-6(12)8(10)4-11-9(13)7-2-3-14-5-7/h2-3,5-6,8,12H,4,10H2,1H3,(H,11,13). The molecule has 0 saturated carbocycles. The SMILES string of the molecule is CC(O)C(N)CNC(=O)c1ccoc1. The molecule has 1 aromatic heterocycles. The van der Waals surface area contributed by atoms with Gasteiger partial charge in [-0.3, -0.25) is 4.79 Å². The third-order valence-electron chi connectivity index (χ3n) is 1.90. The van der Waals surface area contributed by atoms with Crippen molar-refractivity contribution < 1.29 is 14.3 Å². The van der Waals surface area contributed by atoms with Crippen LogP contribution in [0.15, 0.2) is 23.0 Å². The van der Waals surface area contributed by atoms with E-state index >= 15 is 0 Å². The summed E-state index contributed by atoms with van der Waals surface area (Å²) >= 11 is 0. The first kappa shape index (κ1) is 10.7. The first-order valence-corrected chi connectivity index (χ1v) is 4.35. The molecule has 0 aliphatic heterocycles. The lowest BCUT2D eigenvalue weighted by Gasteiger charge is -2.14. The number of aliphatic hydroxyl groups excluding tert-OH is 1. The van der Waals surface area contributed by atoms with E-state index in [0.717, 1.165) is 0 Å². The summed E-state index contributed by atoms with van der Waals surface area (Å²) in [6, 6.07) is 1.11. The molecule has 2 atom stereocenters. The van der Waals surface area contributed by atoms with Crippen LogP contribution in [-0.2, 0) is 0 Å². The summed E-state index contributed by atoms with van der Waals surface area (Å²) < 4.78 is 4.75. The number of furan rings is 1. The van der Waals surface area contributed by atoms with Gasteiger partial charge in [0.25, 0.3) is 5.91 Å². The zero-order chi connectivity index (χ0) is 10.6.